The maximum Gasteiger partial charge on any atom is 0.0656 e. The SMILES string of the molecule is N#CC1CC2CC=CCC2C1. The molecule has 0 aromatic rings. The average Bonchev–Trinajstić information content (AvgIpc) is 2.46. The Morgan fingerprint density at radius 2 is 1.64 bits per heavy atom. The zero-order valence-electron chi connectivity index (χ0n) is 6.66. The van der Waals surface area contributed by atoms with Gasteiger partial charge in [0, 0.05) is 5.92 Å². The first-order chi connectivity index (χ1) is 5.40. The largest absolute Gasteiger partial charge is 0.198 e. The van der Waals surface area contributed by atoms with E-state index < -0.39 is 0 Å². The minimum atomic E-state index is 0.366. The van der Waals surface area contributed by atoms with Crippen LogP contribution in [0, 0.1) is 29.1 Å². The van der Waals surface area contributed by atoms with Crippen LogP contribution < -0.4 is 0 Å². The van der Waals surface area contributed by atoms with E-state index in [0.717, 1.165) is 24.7 Å². The van der Waals surface area contributed by atoms with Crippen LogP contribution in [0.3, 0.4) is 0 Å². The van der Waals surface area contributed by atoms with Crippen molar-refractivity contribution in [2.24, 2.45) is 17.8 Å². The summed E-state index contributed by atoms with van der Waals surface area (Å²) in [4.78, 5) is 0. The Morgan fingerprint density at radius 1 is 1.09 bits per heavy atom. The molecule has 0 saturated heterocycles. The van der Waals surface area contributed by atoms with Crippen molar-refractivity contribution >= 4 is 0 Å². The molecule has 0 amide bonds. The van der Waals surface area contributed by atoms with Gasteiger partial charge in [0.1, 0.15) is 0 Å². The lowest BCUT2D eigenvalue weighted by Gasteiger charge is -2.19. The second-order valence-electron chi connectivity index (χ2n) is 3.76. The number of hydrogen-bond donors (Lipinski definition) is 0. The molecule has 2 aliphatic carbocycles. The number of hydrogen-bond acceptors (Lipinski definition) is 1. The molecule has 2 unspecified atom stereocenters. The Bertz CT molecular complexity index is 195. The van der Waals surface area contributed by atoms with E-state index in [1.165, 1.54) is 12.8 Å². The smallest absolute Gasteiger partial charge is 0.0656 e. The zero-order valence-corrected chi connectivity index (χ0v) is 6.66. The highest BCUT2D eigenvalue weighted by molar-refractivity contribution is 5.02. The van der Waals surface area contributed by atoms with Gasteiger partial charge in [-0.05, 0) is 37.5 Å². The molecule has 1 heteroatoms. The van der Waals surface area contributed by atoms with Crippen LogP contribution in [0.1, 0.15) is 25.7 Å². The fraction of sp³-hybridized carbons (Fsp3) is 0.700. The summed E-state index contributed by atoms with van der Waals surface area (Å²) >= 11 is 0. The van der Waals surface area contributed by atoms with E-state index in [4.69, 9.17) is 5.26 Å². The first-order valence-electron chi connectivity index (χ1n) is 4.44. The fourth-order valence-corrected chi connectivity index (χ4v) is 2.44. The van der Waals surface area contributed by atoms with Crippen LogP contribution in [-0.2, 0) is 0 Å². The van der Waals surface area contributed by atoms with E-state index in [-0.39, 0.29) is 0 Å². The number of fused-ring (bicyclic) bond motifs is 1. The van der Waals surface area contributed by atoms with E-state index in [1.54, 1.807) is 0 Å². The van der Waals surface area contributed by atoms with Gasteiger partial charge in [0.15, 0.2) is 0 Å². The van der Waals surface area contributed by atoms with E-state index in [0.29, 0.717) is 5.92 Å². The lowest BCUT2D eigenvalue weighted by molar-refractivity contribution is 0.380. The van der Waals surface area contributed by atoms with E-state index >= 15 is 0 Å². The van der Waals surface area contributed by atoms with Gasteiger partial charge in [0.05, 0.1) is 6.07 Å². The number of nitrogens with zero attached hydrogens (tertiary/aromatic N) is 1. The lowest BCUT2D eigenvalue weighted by atomic mass is 9.86. The molecule has 1 nitrogen and oxygen atoms in total. The third kappa shape index (κ3) is 1.18. The fourth-order valence-electron chi connectivity index (χ4n) is 2.44. The van der Waals surface area contributed by atoms with Gasteiger partial charge >= 0.3 is 0 Å². The lowest BCUT2D eigenvalue weighted by Crippen LogP contribution is -2.08. The minimum Gasteiger partial charge on any atom is -0.198 e. The van der Waals surface area contributed by atoms with E-state index in [2.05, 4.69) is 18.2 Å². The molecule has 0 bridgehead atoms. The molecular weight excluding hydrogens is 134 g/mol. The Hall–Kier alpha value is -0.770. The van der Waals surface area contributed by atoms with Crippen molar-refractivity contribution in [3.63, 3.8) is 0 Å². The summed E-state index contributed by atoms with van der Waals surface area (Å²) < 4.78 is 0. The Kier molecular flexibility index (Phi) is 1.69. The zero-order chi connectivity index (χ0) is 7.68. The topological polar surface area (TPSA) is 23.8 Å². The molecule has 2 rings (SSSR count). The quantitative estimate of drug-likeness (QED) is 0.483. The Morgan fingerprint density at radius 3 is 2.09 bits per heavy atom. The molecule has 2 aliphatic rings. The van der Waals surface area contributed by atoms with Gasteiger partial charge in [-0.15, -0.1) is 0 Å². The van der Waals surface area contributed by atoms with Crippen molar-refractivity contribution in [2.45, 2.75) is 25.7 Å². The minimum absolute atomic E-state index is 0.366. The molecule has 1 saturated carbocycles. The molecular formula is C10H13N. The second kappa shape index (κ2) is 2.70. The molecule has 0 aromatic carbocycles. The van der Waals surface area contributed by atoms with E-state index in [9.17, 15) is 0 Å². The summed E-state index contributed by atoms with van der Waals surface area (Å²) in [7, 11) is 0. The summed E-state index contributed by atoms with van der Waals surface area (Å²) in [6.07, 6.45) is 9.32. The molecule has 0 radical (unpaired) electrons. The highest BCUT2D eigenvalue weighted by Crippen LogP contribution is 2.42. The van der Waals surface area contributed by atoms with Crippen molar-refractivity contribution in [3.05, 3.63) is 12.2 Å². The average molecular weight is 147 g/mol. The van der Waals surface area contributed by atoms with Gasteiger partial charge in [-0.3, -0.25) is 0 Å². The Labute approximate surface area is 67.7 Å². The van der Waals surface area contributed by atoms with Crippen LogP contribution in [0.25, 0.3) is 0 Å². The van der Waals surface area contributed by atoms with Crippen LogP contribution in [0.2, 0.25) is 0 Å². The van der Waals surface area contributed by atoms with Crippen LogP contribution in [-0.4, -0.2) is 0 Å². The first-order valence-corrected chi connectivity index (χ1v) is 4.44. The monoisotopic (exact) mass is 147 g/mol. The van der Waals surface area contributed by atoms with Gasteiger partial charge in [0.2, 0.25) is 0 Å². The van der Waals surface area contributed by atoms with Gasteiger partial charge in [-0.25, -0.2) is 0 Å². The molecule has 0 spiro atoms. The van der Waals surface area contributed by atoms with Gasteiger partial charge in [-0.2, -0.15) is 5.26 Å². The summed E-state index contributed by atoms with van der Waals surface area (Å²) in [5.41, 5.74) is 0. The van der Waals surface area contributed by atoms with Crippen molar-refractivity contribution < 1.29 is 0 Å². The van der Waals surface area contributed by atoms with Gasteiger partial charge in [-0.1, -0.05) is 12.2 Å². The third-order valence-electron chi connectivity index (χ3n) is 3.07. The summed E-state index contributed by atoms with van der Waals surface area (Å²) in [5, 5.41) is 8.74. The van der Waals surface area contributed by atoms with Gasteiger partial charge in [0.25, 0.3) is 0 Å². The highest BCUT2D eigenvalue weighted by atomic mass is 14.4. The van der Waals surface area contributed by atoms with Crippen molar-refractivity contribution in [2.75, 3.05) is 0 Å². The molecule has 11 heavy (non-hydrogen) atoms. The van der Waals surface area contributed by atoms with Crippen LogP contribution >= 0.6 is 0 Å². The molecule has 58 valence electrons. The Balaban J connectivity index is 2.04. The summed E-state index contributed by atoms with van der Waals surface area (Å²) in [5.74, 6) is 2.04. The maximum atomic E-state index is 8.74. The predicted octanol–water partition coefficient (Wildman–Crippen LogP) is 2.50. The number of nitriles is 1. The summed E-state index contributed by atoms with van der Waals surface area (Å²) in [6, 6.07) is 2.39. The maximum absolute atomic E-state index is 8.74. The number of allylic oxidation sites excluding steroid dienone is 2. The highest BCUT2D eigenvalue weighted by Gasteiger charge is 2.33. The second-order valence-corrected chi connectivity index (χ2v) is 3.76. The normalized spacial score (nSPS) is 41.5. The van der Waals surface area contributed by atoms with Crippen LogP contribution in [0.4, 0.5) is 0 Å². The third-order valence-corrected chi connectivity index (χ3v) is 3.07. The standard InChI is InChI=1S/C10H13N/c11-7-8-5-9-3-1-2-4-10(9)6-8/h1-2,8-10H,3-6H2. The molecule has 0 N–H and O–H groups in total. The van der Waals surface area contributed by atoms with Gasteiger partial charge < -0.3 is 0 Å². The molecule has 0 aliphatic heterocycles. The number of rotatable bonds is 0. The van der Waals surface area contributed by atoms with Crippen LogP contribution in [0.15, 0.2) is 12.2 Å². The molecule has 1 fully saturated rings. The first kappa shape index (κ1) is 6.91. The van der Waals surface area contributed by atoms with Crippen molar-refractivity contribution in [3.8, 4) is 6.07 Å². The predicted molar refractivity (Wildman–Crippen MR) is 43.7 cm³/mol. The van der Waals surface area contributed by atoms with Crippen molar-refractivity contribution in [1.82, 2.24) is 0 Å². The molecule has 2 atom stereocenters. The van der Waals surface area contributed by atoms with Crippen LogP contribution in [0.5, 0.6) is 0 Å². The molecule has 0 heterocycles. The molecule has 0 aromatic heterocycles. The van der Waals surface area contributed by atoms with E-state index in [1.807, 2.05) is 0 Å². The summed E-state index contributed by atoms with van der Waals surface area (Å²) in [6.45, 7) is 0. The van der Waals surface area contributed by atoms with Crippen molar-refractivity contribution in [1.29, 1.82) is 5.26 Å².